The largest absolute Gasteiger partial charge is 0.481 e. The first-order valence-corrected chi connectivity index (χ1v) is 7.43. The molecule has 2 N–H and O–H groups in total. The zero-order valence-corrected chi connectivity index (χ0v) is 11.5. The SMILES string of the molecule is Cc1cc[n+](CCC(CCC(=O)O)S(=O)(=O)O)cc1. The van der Waals surface area contributed by atoms with Crippen molar-refractivity contribution in [2.75, 3.05) is 0 Å². The second-order valence-corrected chi connectivity index (χ2v) is 6.17. The van der Waals surface area contributed by atoms with E-state index in [9.17, 15) is 13.2 Å². The standard InChI is InChI=1S/C12H17NO5S/c1-10-4-7-13(8-5-10)9-6-11(19(16,17)18)2-3-12(14)15/h4-5,7-8,11H,2-3,6,9H2,1H3,(H-,14,15,16,17,18)/p+1. The highest BCUT2D eigenvalue weighted by Crippen LogP contribution is 2.11. The molecule has 0 aliphatic carbocycles. The average molecular weight is 288 g/mol. The van der Waals surface area contributed by atoms with Gasteiger partial charge in [-0.1, -0.05) is 0 Å². The Labute approximate surface area is 112 Å². The van der Waals surface area contributed by atoms with Crippen LogP contribution in [-0.2, 0) is 21.5 Å². The first-order valence-electron chi connectivity index (χ1n) is 5.93. The first kappa shape index (κ1) is 15.6. The van der Waals surface area contributed by atoms with Crippen LogP contribution in [0.2, 0.25) is 0 Å². The van der Waals surface area contributed by atoms with Crippen molar-refractivity contribution < 1.29 is 27.4 Å². The normalized spacial score (nSPS) is 13.2. The number of pyridine rings is 1. The minimum absolute atomic E-state index is 0.0827. The highest BCUT2D eigenvalue weighted by atomic mass is 32.2. The van der Waals surface area contributed by atoms with E-state index < -0.39 is 21.3 Å². The highest BCUT2D eigenvalue weighted by Gasteiger charge is 2.25. The van der Waals surface area contributed by atoms with Crippen LogP contribution < -0.4 is 4.57 Å². The molecule has 0 spiro atoms. The number of hydrogen-bond donors (Lipinski definition) is 2. The monoisotopic (exact) mass is 288 g/mol. The summed E-state index contributed by atoms with van der Waals surface area (Å²) in [7, 11) is -4.22. The number of carbonyl (C=O) groups is 1. The second kappa shape index (κ2) is 6.63. The minimum atomic E-state index is -4.22. The quantitative estimate of drug-likeness (QED) is 0.571. The van der Waals surface area contributed by atoms with Crippen LogP contribution in [0.15, 0.2) is 24.5 Å². The highest BCUT2D eigenvalue weighted by molar-refractivity contribution is 7.86. The van der Waals surface area contributed by atoms with Crippen molar-refractivity contribution in [2.24, 2.45) is 0 Å². The van der Waals surface area contributed by atoms with Gasteiger partial charge >= 0.3 is 5.97 Å². The van der Waals surface area contributed by atoms with Crippen molar-refractivity contribution in [3.8, 4) is 0 Å². The molecule has 1 heterocycles. The lowest BCUT2D eigenvalue weighted by molar-refractivity contribution is -0.697. The molecule has 1 aromatic heterocycles. The number of aromatic nitrogens is 1. The summed E-state index contributed by atoms with van der Waals surface area (Å²) in [6.07, 6.45) is 3.45. The van der Waals surface area contributed by atoms with Crippen molar-refractivity contribution in [1.29, 1.82) is 0 Å². The number of nitrogens with zero attached hydrogens (tertiary/aromatic N) is 1. The maximum Gasteiger partial charge on any atom is 0.303 e. The van der Waals surface area contributed by atoms with Crippen LogP contribution in [0.3, 0.4) is 0 Å². The maximum atomic E-state index is 11.2. The van der Waals surface area contributed by atoms with E-state index in [1.807, 2.05) is 31.5 Å². The van der Waals surface area contributed by atoms with Crippen LogP contribution in [-0.4, -0.2) is 29.3 Å². The van der Waals surface area contributed by atoms with Crippen molar-refractivity contribution >= 4 is 16.1 Å². The molecule has 106 valence electrons. The molecule has 1 aromatic rings. The van der Waals surface area contributed by atoms with Gasteiger partial charge in [0.2, 0.25) is 0 Å². The Morgan fingerprint density at radius 1 is 1.32 bits per heavy atom. The van der Waals surface area contributed by atoms with E-state index in [2.05, 4.69) is 0 Å². The van der Waals surface area contributed by atoms with Gasteiger partial charge in [-0.3, -0.25) is 9.35 Å². The van der Waals surface area contributed by atoms with Crippen molar-refractivity contribution in [3.05, 3.63) is 30.1 Å². The molecule has 0 aromatic carbocycles. The fourth-order valence-electron chi connectivity index (χ4n) is 1.70. The number of carboxylic acids is 1. The number of carboxylic acid groups (broad SMARTS) is 1. The topological polar surface area (TPSA) is 95.5 Å². The Hall–Kier alpha value is -1.47. The molecule has 6 nitrogen and oxygen atoms in total. The van der Waals surface area contributed by atoms with Crippen LogP contribution in [0.25, 0.3) is 0 Å². The summed E-state index contributed by atoms with van der Waals surface area (Å²) >= 11 is 0. The molecule has 1 unspecified atom stereocenters. The van der Waals surface area contributed by atoms with E-state index >= 15 is 0 Å². The van der Waals surface area contributed by atoms with Gasteiger partial charge in [-0.25, -0.2) is 4.57 Å². The predicted octanol–water partition coefficient (Wildman–Crippen LogP) is 0.794. The Morgan fingerprint density at radius 3 is 2.37 bits per heavy atom. The number of aryl methyl sites for hydroxylation is 2. The van der Waals surface area contributed by atoms with Crippen LogP contribution >= 0.6 is 0 Å². The van der Waals surface area contributed by atoms with Crippen molar-refractivity contribution in [2.45, 2.75) is 38.0 Å². The summed E-state index contributed by atoms with van der Waals surface area (Å²) < 4.78 is 33.2. The molecule has 0 amide bonds. The lowest BCUT2D eigenvalue weighted by Gasteiger charge is -2.10. The predicted molar refractivity (Wildman–Crippen MR) is 68.2 cm³/mol. The van der Waals surface area contributed by atoms with Gasteiger partial charge in [0.25, 0.3) is 10.1 Å². The average Bonchev–Trinajstić information content (AvgIpc) is 2.29. The van der Waals surface area contributed by atoms with Gasteiger partial charge in [0.05, 0.1) is 5.25 Å². The third-order valence-corrected chi connectivity index (χ3v) is 4.18. The molecule has 0 radical (unpaired) electrons. The van der Waals surface area contributed by atoms with Crippen molar-refractivity contribution in [1.82, 2.24) is 0 Å². The lowest BCUT2D eigenvalue weighted by Crippen LogP contribution is -2.36. The molecule has 7 heteroatoms. The molecule has 1 atom stereocenters. The zero-order valence-electron chi connectivity index (χ0n) is 10.7. The van der Waals surface area contributed by atoms with Crippen LogP contribution in [0.5, 0.6) is 0 Å². The van der Waals surface area contributed by atoms with Gasteiger partial charge in [0.1, 0.15) is 6.54 Å². The van der Waals surface area contributed by atoms with Gasteiger partial charge in [-0.2, -0.15) is 8.42 Å². The molecule has 19 heavy (non-hydrogen) atoms. The number of aliphatic carboxylic acids is 1. The molecule has 0 bridgehead atoms. The lowest BCUT2D eigenvalue weighted by atomic mass is 10.2. The Morgan fingerprint density at radius 2 is 1.89 bits per heavy atom. The molecule has 0 aliphatic heterocycles. The van der Waals surface area contributed by atoms with Gasteiger partial charge in [-0.05, 0) is 18.9 Å². The van der Waals surface area contributed by atoms with Crippen molar-refractivity contribution in [3.63, 3.8) is 0 Å². The fraction of sp³-hybridized carbons (Fsp3) is 0.500. The molecular formula is C12H18NO5S+. The minimum Gasteiger partial charge on any atom is -0.481 e. The second-order valence-electron chi connectivity index (χ2n) is 4.47. The van der Waals surface area contributed by atoms with E-state index in [-0.39, 0.29) is 19.3 Å². The smallest absolute Gasteiger partial charge is 0.303 e. The van der Waals surface area contributed by atoms with Gasteiger partial charge in [0.15, 0.2) is 12.4 Å². The number of hydrogen-bond acceptors (Lipinski definition) is 3. The molecular weight excluding hydrogens is 270 g/mol. The van der Waals surface area contributed by atoms with Gasteiger partial charge in [0, 0.05) is 25.0 Å². The van der Waals surface area contributed by atoms with E-state index in [4.69, 9.17) is 9.66 Å². The Kier molecular flexibility index (Phi) is 5.44. The summed E-state index contributed by atoms with van der Waals surface area (Å²) in [5.41, 5.74) is 1.09. The Balaban J connectivity index is 2.63. The number of rotatable bonds is 7. The van der Waals surface area contributed by atoms with Gasteiger partial charge < -0.3 is 5.11 Å². The van der Waals surface area contributed by atoms with Crippen LogP contribution in [0, 0.1) is 6.92 Å². The first-order chi connectivity index (χ1) is 8.79. The van der Waals surface area contributed by atoms with Crippen LogP contribution in [0.4, 0.5) is 0 Å². The van der Waals surface area contributed by atoms with E-state index in [0.717, 1.165) is 5.56 Å². The fourth-order valence-corrected chi connectivity index (χ4v) is 2.52. The van der Waals surface area contributed by atoms with Crippen LogP contribution in [0.1, 0.15) is 24.8 Å². The summed E-state index contributed by atoms with van der Waals surface area (Å²) in [5.74, 6) is -1.07. The third-order valence-electron chi connectivity index (χ3n) is 2.87. The summed E-state index contributed by atoms with van der Waals surface area (Å²) in [4.78, 5) is 10.5. The van der Waals surface area contributed by atoms with Gasteiger partial charge in [-0.15, -0.1) is 0 Å². The maximum absolute atomic E-state index is 11.2. The molecule has 0 saturated heterocycles. The van der Waals surface area contributed by atoms with E-state index in [0.29, 0.717) is 6.54 Å². The zero-order chi connectivity index (χ0) is 14.5. The molecule has 0 fully saturated rings. The third kappa shape index (κ3) is 5.80. The molecule has 0 saturated carbocycles. The summed E-state index contributed by atoms with van der Waals surface area (Å²) in [5, 5.41) is 7.52. The summed E-state index contributed by atoms with van der Waals surface area (Å²) in [6, 6.07) is 3.78. The Bertz CT molecular complexity index is 524. The summed E-state index contributed by atoms with van der Waals surface area (Å²) in [6.45, 7) is 2.35. The molecule has 1 rings (SSSR count). The molecule has 0 aliphatic rings. The van der Waals surface area contributed by atoms with E-state index in [1.54, 1.807) is 4.57 Å². The van der Waals surface area contributed by atoms with E-state index in [1.165, 1.54) is 0 Å².